The van der Waals surface area contributed by atoms with Crippen molar-refractivity contribution in [2.24, 2.45) is 0 Å². The molecule has 10 heavy (non-hydrogen) atoms. The Balaban J connectivity index is 2.40. The Morgan fingerprint density at radius 1 is 1.30 bits per heavy atom. The van der Waals surface area contributed by atoms with Gasteiger partial charge in [-0.3, -0.25) is 0 Å². The van der Waals surface area contributed by atoms with Gasteiger partial charge in [-0.15, -0.1) is 0 Å². The van der Waals surface area contributed by atoms with Crippen LogP contribution in [0, 0.1) is 6.92 Å². The number of hydrogen-bond acceptors (Lipinski definition) is 0. The topological polar surface area (TPSA) is 0 Å². The van der Waals surface area contributed by atoms with Crippen molar-refractivity contribution < 1.29 is 0 Å². The van der Waals surface area contributed by atoms with Crippen LogP contribution in [0.5, 0.6) is 0 Å². The van der Waals surface area contributed by atoms with E-state index >= 15 is 0 Å². The van der Waals surface area contributed by atoms with Crippen molar-refractivity contribution in [1.29, 1.82) is 0 Å². The highest BCUT2D eigenvalue weighted by molar-refractivity contribution is 14.1. The highest BCUT2D eigenvalue weighted by Crippen LogP contribution is 2.50. The van der Waals surface area contributed by atoms with Crippen LogP contribution in [-0.4, -0.2) is 0 Å². The first-order chi connectivity index (χ1) is 4.70. The number of benzene rings is 1. The third-order valence-corrected chi connectivity index (χ3v) is 2.57. The molecule has 0 amide bonds. The molecule has 0 N–H and O–H groups in total. The lowest BCUT2D eigenvalue weighted by atomic mass is 10.3. The molecular formula is C9H9I. The van der Waals surface area contributed by atoms with Crippen LogP contribution in [0.2, 0.25) is 0 Å². The zero-order chi connectivity index (χ0) is 7.30. The molecule has 0 nitrogen and oxygen atoms in total. The van der Waals surface area contributed by atoms with E-state index < -0.39 is 0 Å². The zero-order valence-electron chi connectivity index (χ0n) is 6.11. The highest BCUT2D eigenvalue weighted by Gasteiger charge is 2.27. The molecule has 0 bridgehead atoms. The van der Waals surface area contributed by atoms with Crippen molar-refractivity contribution in [3.05, 3.63) is 23.3 Å². The summed E-state index contributed by atoms with van der Waals surface area (Å²) in [4.78, 5) is 0. The van der Waals surface area contributed by atoms with E-state index in [0.717, 1.165) is 0 Å². The summed E-state index contributed by atoms with van der Waals surface area (Å²) in [6.45, 7) is 4.40. The lowest BCUT2D eigenvalue weighted by Crippen LogP contribution is -1.67. The first-order valence-electron chi connectivity index (χ1n) is 3.49. The molecule has 0 aromatic carbocycles. The van der Waals surface area contributed by atoms with E-state index in [2.05, 4.69) is 48.6 Å². The van der Waals surface area contributed by atoms with Gasteiger partial charge in [0.1, 0.15) is 0 Å². The van der Waals surface area contributed by atoms with Gasteiger partial charge in [-0.2, -0.15) is 0 Å². The Kier molecular flexibility index (Phi) is 1.31. The van der Waals surface area contributed by atoms with E-state index in [-0.39, 0.29) is 0 Å². The minimum Gasteiger partial charge on any atom is -0.0777 e. The third kappa shape index (κ3) is 0.797. The molecule has 0 fully saturated rings. The predicted octanol–water partition coefficient (Wildman–Crippen LogP) is 3.47. The van der Waals surface area contributed by atoms with Gasteiger partial charge in [0.25, 0.3) is 0 Å². The maximum atomic E-state index is 2.46. The molecule has 0 heterocycles. The van der Waals surface area contributed by atoms with Crippen molar-refractivity contribution in [3.63, 3.8) is 0 Å². The number of fused-ring (bicyclic) bond motifs is 1. The molecule has 0 aromatic heterocycles. The summed E-state index contributed by atoms with van der Waals surface area (Å²) >= 11 is 2.46. The van der Waals surface area contributed by atoms with Gasteiger partial charge in [-0.1, -0.05) is 34.7 Å². The Hall–Kier alpha value is -0.0500. The van der Waals surface area contributed by atoms with Crippen LogP contribution >= 0.6 is 22.6 Å². The maximum Gasteiger partial charge on any atom is 0.0343 e. The van der Waals surface area contributed by atoms with Gasteiger partial charge in [0.15, 0.2) is 0 Å². The molecule has 0 aliphatic heterocycles. The molecule has 1 unspecified atom stereocenters. The Labute approximate surface area is 74.8 Å². The molecule has 2 aliphatic carbocycles. The van der Waals surface area contributed by atoms with Gasteiger partial charge in [0.05, 0.1) is 0 Å². The molecule has 1 heteroatoms. The monoisotopic (exact) mass is 244 g/mol. The Bertz CT molecular complexity index is 264. The number of rotatable bonds is 1. The first kappa shape index (κ1) is 6.65. The standard InChI is InChI=1S/C9H9I/c1-5-3-7-8(4-5)9(7)6(2)10/h3-4,6H,1-2H3. The first-order valence-corrected chi connectivity index (χ1v) is 4.73. The second-order valence-electron chi connectivity index (χ2n) is 2.89. The van der Waals surface area contributed by atoms with Crippen molar-refractivity contribution >= 4 is 22.6 Å². The predicted molar refractivity (Wildman–Crippen MR) is 52.6 cm³/mol. The summed E-state index contributed by atoms with van der Waals surface area (Å²) in [6, 6.07) is 4.56. The molecule has 0 spiro atoms. The summed E-state index contributed by atoms with van der Waals surface area (Å²) in [5, 5.41) is 0. The minimum atomic E-state index is 0.697. The van der Waals surface area contributed by atoms with Gasteiger partial charge >= 0.3 is 0 Å². The molecule has 2 aliphatic rings. The summed E-state index contributed by atoms with van der Waals surface area (Å²) in [5.74, 6) is 0. The van der Waals surface area contributed by atoms with Gasteiger partial charge in [-0.05, 0) is 36.1 Å². The van der Waals surface area contributed by atoms with Crippen molar-refractivity contribution in [2.45, 2.75) is 17.8 Å². The molecular weight excluding hydrogens is 235 g/mol. The van der Waals surface area contributed by atoms with Crippen LogP contribution in [-0.2, 0) is 0 Å². The lowest BCUT2D eigenvalue weighted by Gasteiger charge is -1.89. The normalized spacial score (nSPS) is 15.1. The van der Waals surface area contributed by atoms with Crippen molar-refractivity contribution in [1.82, 2.24) is 0 Å². The van der Waals surface area contributed by atoms with E-state index in [4.69, 9.17) is 0 Å². The van der Waals surface area contributed by atoms with E-state index in [9.17, 15) is 0 Å². The SMILES string of the molecule is Cc1cc2c(C(C)I)c-2c1. The molecule has 1 atom stereocenters. The molecule has 0 saturated heterocycles. The quantitative estimate of drug-likeness (QED) is 0.532. The van der Waals surface area contributed by atoms with E-state index in [0.29, 0.717) is 3.92 Å². The van der Waals surface area contributed by atoms with Crippen LogP contribution in [0.15, 0.2) is 12.1 Å². The molecule has 52 valence electrons. The van der Waals surface area contributed by atoms with E-state index in [1.165, 1.54) is 16.7 Å². The lowest BCUT2D eigenvalue weighted by molar-refractivity contribution is 1.20. The highest BCUT2D eigenvalue weighted by atomic mass is 127. The van der Waals surface area contributed by atoms with Gasteiger partial charge in [0, 0.05) is 3.92 Å². The van der Waals surface area contributed by atoms with E-state index in [1.807, 2.05) is 0 Å². The van der Waals surface area contributed by atoms with Crippen LogP contribution in [0.25, 0.3) is 11.1 Å². The van der Waals surface area contributed by atoms with Crippen molar-refractivity contribution in [3.8, 4) is 11.1 Å². The molecule has 2 rings (SSSR count). The van der Waals surface area contributed by atoms with Crippen LogP contribution in [0.4, 0.5) is 0 Å². The van der Waals surface area contributed by atoms with Crippen LogP contribution in [0.3, 0.4) is 0 Å². The fraction of sp³-hybridized carbons (Fsp3) is 0.333. The largest absolute Gasteiger partial charge is 0.0777 e. The molecule has 0 aromatic rings. The fourth-order valence-electron chi connectivity index (χ4n) is 1.47. The number of hydrogen-bond donors (Lipinski definition) is 0. The smallest absolute Gasteiger partial charge is 0.0343 e. The second-order valence-corrected chi connectivity index (χ2v) is 4.76. The molecule has 0 radical (unpaired) electrons. The van der Waals surface area contributed by atoms with Crippen LogP contribution < -0.4 is 0 Å². The van der Waals surface area contributed by atoms with Gasteiger partial charge in [-0.25, -0.2) is 0 Å². The average Bonchev–Trinajstić information content (AvgIpc) is 2.32. The zero-order valence-corrected chi connectivity index (χ0v) is 8.27. The number of aryl methyl sites for hydroxylation is 1. The summed E-state index contributed by atoms with van der Waals surface area (Å²) in [6.07, 6.45) is 0. The Morgan fingerprint density at radius 2 is 1.80 bits per heavy atom. The Morgan fingerprint density at radius 3 is 2.20 bits per heavy atom. The third-order valence-electron chi connectivity index (χ3n) is 1.95. The van der Waals surface area contributed by atoms with Gasteiger partial charge < -0.3 is 0 Å². The van der Waals surface area contributed by atoms with E-state index in [1.54, 1.807) is 5.56 Å². The van der Waals surface area contributed by atoms with Gasteiger partial charge in [0.2, 0.25) is 0 Å². The summed E-state index contributed by atoms with van der Waals surface area (Å²) in [5.41, 5.74) is 6.01. The number of halogens is 1. The molecule has 0 saturated carbocycles. The van der Waals surface area contributed by atoms with Crippen molar-refractivity contribution in [2.75, 3.05) is 0 Å². The fourth-order valence-corrected chi connectivity index (χ4v) is 2.14. The average molecular weight is 244 g/mol. The van der Waals surface area contributed by atoms with Crippen LogP contribution in [0.1, 0.15) is 22.0 Å². The summed E-state index contributed by atoms with van der Waals surface area (Å²) in [7, 11) is 0. The number of alkyl halides is 1. The summed E-state index contributed by atoms with van der Waals surface area (Å²) < 4.78 is 0.697. The maximum absolute atomic E-state index is 2.46. The second kappa shape index (κ2) is 1.97. The minimum absolute atomic E-state index is 0.697.